The second-order valence-electron chi connectivity index (χ2n) is 8.10. The number of nitrogens with two attached hydrogens (primary N) is 1. The molecule has 180 valence electrons. The van der Waals surface area contributed by atoms with Crippen LogP contribution in [0.3, 0.4) is 0 Å². The fraction of sp³-hybridized carbons (Fsp3) is 0.0769. The number of halogens is 2. The molecule has 0 amide bonds. The molecule has 0 saturated carbocycles. The number of hydrogen-bond donors (Lipinski definition) is 3. The van der Waals surface area contributed by atoms with Crippen LogP contribution in [-0.2, 0) is 0 Å². The first-order chi connectivity index (χ1) is 17.3. The number of rotatable bonds is 5. The summed E-state index contributed by atoms with van der Waals surface area (Å²) in [6.07, 6.45) is 1.47. The van der Waals surface area contributed by atoms with Gasteiger partial charge < -0.3 is 16.2 Å². The molecule has 0 bridgehead atoms. The molecular weight excluding hydrogens is 483 g/mol. The lowest BCUT2D eigenvalue weighted by Crippen LogP contribution is -2.27. The fourth-order valence-corrected chi connectivity index (χ4v) is 4.24. The van der Waals surface area contributed by atoms with E-state index in [9.17, 15) is 14.3 Å². The number of aromatic nitrogens is 4. The highest BCUT2D eigenvalue weighted by atomic mass is 35.5. The summed E-state index contributed by atoms with van der Waals surface area (Å²) in [6, 6.07) is 17.6. The smallest absolute Gasteiger partial charge is 0.267 e. The van der Waals surface area contributed by atoms with Gasteiger partial charge in [-0.05, 0) is 48.9 Å². The number of anilines is 2. The Morgan fingerprint density at radius 3 is 2.61 bits per heavy atom. The topological polar surface area (TPSA) is 119 Å². The molecule has 36 heavy (non-hydrogen) atoms. The second-order valence-corrected chi connectivity index (χ2v) is 8.51. The summed E-state index contributed by atoms with van der Waals surface area (Å²) in [7, 11) is 0. The van der Waals surface area contributed by atoms with Crippen LogP contribution in [-0.4, -0.2) is 24.6 Å². The van der Waals surface area contributed by atoms with Gasteiger partial charge in [0.15, 0.2) is 11.6 Å². The molecule has 10 heteroatoms. The van der Waals surface area contributed by atoms with E-state index in [1.807, 2.05) is 25.1 Å². The van der Waals surface area contributed by atoms with E-state index in [0.717, 1.165) is 6.07 Å². The number of phenolic OH excluding ortho intramolecular Hbond substituents is 1. The Balaban J connectivity index is 1.66. The van der Waals surface area contributed by atoms with Crippen LogP contribution >= 0.6 is 11.6 Å². The Hall–Kier alpha value is -4.50. The summed E-state index contributed by atoms with van der Waals surface area (Å²) in [5.74, 6) is -0.510. The summed E-state index contributed by atoms with van der Waals surface area (Å²) in [6.45, 7) is 1.82. The average Bonchev–Trinajstić information content (AvgIpc) is 2.86. The molecule has 0 aliphatic heterocycles. The first kappa shape index (κ1) is 23.3. The van der Waals surface area contributed by atoms with E-state index in [4.69, 9.17) is 22.3 Å². The van der Waals surface area contributed by atoms with Crippen LogP contribution in [0.15, 0.2) is 77.7 Å². The first-order valence-corrected chi connectivity index (χ1v) is 11.4. The molecule has 5 rings (SSSR count). The highest BCUT2D eigenvalue weighted by Crippen LogP contribution is 2.32. The van der Waals surface area contributed by atoms with E-state index in [0.29, 0.717) is 44.4 Å². The Morgan fingerprint density at radius 1 is 1.08 bits per heavy atom. The van der Waals surface area contributed by atoms with Crippen LogP contribution in [0.1, 0.15) is 18.8 Å². The summed E-state index contributed by atoms with van der Waals surface area (Å²) in [5, 5.41) is 13.7. The van der Waals surface area contributed by atoms with Crippen LogP contribution in [0, 0.1) is 5.82 Å². The van der Waals surface area contributed by atoms with E-state index in [2.05, 4.69) is 15.3 Å². The molecule has 0 fully saturated rings. The normalized spacial score (nSPS) is 12.0. The van der Waals surface area contributed by atoms with Crippen molar-refractivity contribution in [2.24, 2.45) is 0 Å². The minimum Gasteiger partial charge on any atom is -0.505 e. The van der Waals surface area contributed by atoms with Gasteiger partial charge in [0.1, 0.15) is 11.6 Å². The number of fused-ring (bicyclic) bond motifs is 1. The van der Waals surface area contributed by atoms with E-state index in [-0.39, 0.29) is 11.5 Å². The molecule has 1 atom stereocenters. The number of nitrogen functional groups attached to an aromatic ring is 1. The summed E-state index contributed by atoms with van der Waals surface area (Å²) in [4.78, 5) is 26.8. The number of phenols is 1. The zero-order valence-corrected chi connectivity index (χ0v) is 19.7. The monoisotopic (exact) mass is 502 g/mol. The van der Waals surface area contributed by atoms with Gasteiger partial charge in [0.2, 0.25) is 5.95 Å². The molecule has 3 aromatic carbocycles. The Kier molecular flexibility index (Phi) is 5.99. The highest BCUT2D eigenvalue weighted by molar-refractivity contribution is 6.35. The maximum absolute atomic E-state index is 13.6. The average molecular weight is 503 g/mol. The lowest BCUT2D eigenvalue weighted by Gasteiger charge is -2.21. The van der Waals surface area contributed by atoms with Gasteiger partial charge in [-0.15, -0.1) is 0 Å². The minimum absolute atomic E-state index is 0.0125. The van der Waals surface area contributed by atoms with Crippen LogP contribution in [0.4, 0.5) is 16.2 Å². The number of nitrogens with one attached hydrogen (secondary N) is 1. The van der Waals surface area contributed by atoms with E-state index in [1.54, 1.807) is 30.3 Å². The number of benzene rings is 3. The molecule has 0 radical (unpaired) electrons. The molecule has 1 unspecified atom stereocenters. The summed E-state index contributed by atoms with van der Waals surface area (Å²) in [5.41, 5.74) is 7.56. The van der Waals surface area contributed by atoms with Crippen molar-refractivity contribution in [2.75, 3.05) is 11.1 Å². The molecule has 5 aromatic rings. The highest BCUT2D eigenvalue weighted by Gasteiger charge is 2.21. The van der Waals surface area contributed by atoms with Crippen molar-refractivity contribution in [2.45, 2.75) is 13.0 Å². The van der Waals surface area contributed by atoms with Crippen molar-refractivity contribution in [3.63, 3.8) is 0 Å². The number of hydrogen-bond acceptors (Lipinski definition) is 7. The van der Waals surface area contributed by atoms with Crippen molar-refractivity contribution in [1.82, 2.24) is 19.5 Å². The standard InChI is InChI=1S/C26H20ClFN6O2/c1-14(31-23-17(13-30-26(29)33-23)15-10-11-19(28)21(35)12-15)24-32-20-9-5-8-18(27)22(20)25(36)34(24)16-6-3-2-4-7-16/h2-14,35H,1H3,(H3,29,30,31,33). The maximum Gasteiger partial charge on any atom is 0.267 e. The lowest BCUT2D eigenvalue weighted by molar-refractivity contribution is 0.433. The molecule has 4 N–H and O–H groups in total. The fourth-order valence-electron chi connectivity index (χ4n) is 3.99. The van der Waals surface area contributed by atoms with Gasteiger partial charge in [-0.2, -0.15) is 4.98 Å². The Bertz CT molecular complexity index is 1660. The minimum atomic E-state index is -0.746. The van der Waals surface area contributed by atoms with Gasteiger partial charge in [-0.1, -0.05) is 41.9 Å². The van der Waals surface area contributed by atoms with Crippen LogP contribution in [0.25, 0.3) is 27.7 Å². The first-order valence-electron chi connectivity index (χ1n) is 11.0. The van der Waals surface area contributed by atoms with Gasteiger partial charge in [-0.3, -0.25) is 9.36 Å². The maximum atomic E-state index is 13.6. The van der Waals surface area contributed by atoms with E-state index < -0.39 is 17.6 Å². The molecule has 0 spiro atoms. The molecule has 2 heterocycles. The lowest BCUT2D eigenvalue weighted by atomic mass is 10.1. The second kappa shape index (κ2) is 9.27. The van der Waals surface area contributed by atoms with Gasteiger partial charge >= 0.3 is 0 Å². The van der Waals surface area contributed by atoms with Crippen molar-refractivity contribution < 1.29 is 9.50 Å². The van der Waals surface area contributed by atoms with Crippen molar-refractivity contribution >= 4 is 34.3 Å². The van der Waals surface area contributed by atoms with Gasteiger partial charge in [0, 0.05) is 11.8 Å². The molecule has 0 aliphatic carbocycles. The third-order valence-electron chi connectivity index (χ3n) is 5.69. The largest absolute Gasteiger partial charge is 0.505 e. The number of para-hydroxylation sites is 1. The van der Waals surface area contributed by atoms with E-state index >= 15 is 0 Å². The molecule has 0 saturated heterocycles. The number of aromatic hydroxyl groups is 1. The van der Waals surface area contributed by atoms with Crippen LogP contribution in [0.2, 0.25) is 5.02 Å². The van der Waals surface area contributed by atoms with Gasteiger partial charge in [-0.25, -0.2) is 14.4 Å². The van der Waals surface area contributed by atoms with Crippen molar-refractivity contribution in [3.8, 4) is 22.6 Å². The predicted molar refractivity (Wildman–Crippen MR) is 138 cm³/mol. The molecule has 8 nitrogen and oxygen atoms in total. The third kappa shape index (κ3) is 4.20. The summed E-state index contributed by atoms with van der Waals surface area (Å²) < 4.78 is 15.1. The number of nitrogens with zero attached hydrogens (tertiary/aromatic N) is 4. The van der Waals surface area contributed by atoms with E-state index in [1.165, 1.54) is 22.9 Å². The van der Waals surface area contributed by atoms with Crippen LogP contribution in [0.5, 0.6) is 5.75 Å². The van der Waals surface area contributed by atoms with Crippen LogP contribution < -0.4 is 16.6 Å². The zero-order chi connectivity index (χ0) is 25.4. The third-order valence-corrected chi connectivity index (χ3v) is 6.01. The predicted octanol–water partition coefficient (Wildman–Crippen LogP) is 5.10. The van der Waals surface area contributed by atoms with Gasteiger partial charge in [0.25, 0.3) is 5.56 Å². The Labute approximate surface area is 209 Å². The molecular formula is C26H20ClFN6O2. The SMILES string of the molecule is CC(Nc1nc(N)ncc1-c1ccc(F)c(O)c1)c1nc2cccc(Cl)c2c(=O)n1-c1ccccc1. The quantitative estimate of drug-likeness (QED) is 0.306. The van der Waals surface area contributed by atoms with Gasteiger partial charge in [0.05, 0.1) is 27.7 Å². The molecule has 0 aliphatic rings. The zero-order valence-electron chi connectivity index (χ0n) is 19.0. The van der Waals surface area contributed by atoms with Crippen molar-refractivity contribution in [1.29, 1.82) is 0 Å². The molecule has 2 aromatic heterocycles. The van der Waals surface area contributed by atoms with Crippen molar-refractivity contribution in [3.05, 3.63) is 99.9 Å². The summed E-state index contributed by atoms with van der Waals surface area (Å²) >= 11 is 6.37. The Morgan fingerprint density at radius 2 is 1.86 bits per heavy atom.